The van der Waals surface area contributed by atoms with Crippen LogP contribution >= 0.6 is 0 Å². The quantitative estimate of drug-likeness (QED) is 0.493. The van der Waals surface area contributed by atoms with E-state index in [0.29, 0.717) is 11.5 Å². The second kappa shape index (κ2) is 5.72. The first-order chi connectivity index (χ1) is 8.81. The number of rotatable bonds is 4. The summed E-state index contributed by atoms with van der Waals surface area (Å²) in [6.07, 6.45) is 0. The Morgan fingerprint density at radius 2 is 1.67 bits per heavy atom. The number of ether oxygens (including phenoxy) is 1. The Hall–Kier alpha value is -2.49. The fourth-order valence-corrected chi connectivity index (χ4v) is 1.53. The molecule has 0 saturated carbocycles. The lowest BCUT2D eigenvalue weighted by Crippen LogP contribution is -2.13. The summed E-state index contributed by atoms with van der Waals surface area (Å²) >= 11 is 0. The summed E-state index contributed by atoms with van der Waals surface area (Å²) < 4.78 is 5.40. The average Bonchev–Trinajstić information content (AvgIpc) is 2.42. The van der Waals surface area contributed by atoms with Crippen LogP contribution in [0.2, 0.25) is 0 Å². The van der Waals surface area contributed by atoms with Crippen LogP contribution in [0.25, 0.3) is 0 Å². The van der Waals surface area contributed by atoms with Crippen molar-refractivity contribution in [2.24, 2.45) is 5.16 Å². The van der Waals surface area contributed by atoms with E-state index in [9.17, 15) is 5.11 Å². The van der Waals surface area contributed by atoms with Crippen LogP contribution in [-0.4, -0.2) is 22.6 Å². The zero-order valence-corrected chi connectivity index (χ0v) is 9.65. The minimum Gasteiger partial charge on any atom is -0.504 e. The fourth-order valence-electron chi connectivity index (χ4n) is 1.53. The van der Waals surface area contributed by atoms with Crippen molar-refractivity contribution in [1.82, 2.24) is 0 Å². The first kappa shape index (κ1) is 12.0. The molecule has 0 aromatic heterocycles. The van der Waals surface area contributed by atoms with Crippen molar-refractivity contribution in [2.45, 2.75) is 0 Å². The maximum atomic E-state index is 9.54. The Morgan fingerprint density at radius 3 is 2.33 bits per heavy atom. The van der Waals surface area contributed by atoms with E-state index >= 15 is 0 Å². The molecular formula is C14H13NO3. The summed E-state index contributed by atoms with van der Waals surface area (Å²) in [7, 11) is 0. The van der Waals surface area contributed by atoms with E-state index < -0.39 is 0 Å². The van der Waals surface area contributed by atoms with Gasteiger partial charge >= 0.3 is 0 Å². The molecule has 0 heterocycles. The van der Waals surface area contributed by atoms with Gasteiger partial charge < -0.3 is 15.1 Å². The predicted molar refractivity (Wildman–Crippen MR) is 68.4 cm³/mol. The molecule has 0 aliphatic carbocycles. The lowest BCUT2D eigenvalue weighted by molar-refractivity contribution is 0.304. The van der Waals surface area contributed by atoms with Crippen LogP contribution < -0.4 is 4.74 Å². The monoisotopic (exact) mass is 243 g/mol. The molecule has 0 unspecified atom stereocenters. The number of phenolic OH excluding ortho intramolecular Hbond substituents is 1. The van der Waals surface area contributed by atoms with Gasteiger partial charge in [0.15, 0.2) is 11.5 Å². The molecule has 0 bridgehead atoms. The van der Waals surface area contributed by atoms with Crippen molar-refractivity contribution >= 4 is 5.71 Å². The van der Waals surface area contributed by atoms with E-state index in [2.05, 4.69) is 5.16 Å². The minimum atomic E-state index is 0.0582. The number of para-hydroxylation sites is 2. The second-order valence-electron chi connectivity index (χ2n) is 3.67. The van der Waals surface area contributed by atoms with E-state index in [-0.39, 0.29) is 12.4 Å². The summed E-state index contributed by atoms with van der Waals surface area (Å²) in [5.74, 6) is 0.414. The maximum absolute atomic E-state index is 9.54. The molecule has 2 N–H and O–H groups in total. The van der Waals surface area contributed by atoms with Crippen LogP contribution in [0.3, 0.4) is 0 Å². The van der Waals surface area contributed by atoms with Gasteiger partial charge in [-0.1, -0.05) is 47.6 Å². The predicted octanol–water partition coefficient (Wildman–Crippen LogP) is 2.65. The Labute approximate surface area is 105 Å². The van der Waals surface area contributed by atoms with Crippen molar-refractivity contribution in [1.29, 1.82) is 0 Å². The smallest absolute Gasteiger partial charge is 0.161 e. The summed E-state index contributed by atoms with van der Waals surface area (Å²) in [5, 5.41) is 21.7. The topological polar surface area (TPSA) is 62.1 Å². The molecule has 4 heteroatoms. The first-order valence-corrected chi connectivity index (χ1v) is 5.48. The second-order valence-corrected chi connectivity index (χ2v) is 3.67. The largest absolute Gasteiger partial charge is 0.504 e. The lowest BCUT2D eigenvalue weighted by Gasteiger charge is -2.08. The van der Waals surface area contributed by atoms with Crippen LogP contribution in [0.5, 0.6) is 11.5 Å². The fraction of sp³-hybridized carbons (Fsp3) is 0.0714. The van der Waals surface area contributed by atoms with Gasteiger partial charge in [-0.05, 0) is 12.1 Å². The maximum Gasteiger partial charge on any atom is 0.161 e. The third-order valence-electron chi connectivity index (χ3n) is 2.46. The number of benzene rings is 2. The molecule has 0 radical (unpaired) electrons. The van der Waals surface area contributed by atoms with Crippen LogP contribution in [0.1, 0.15) is 5.56 Å². The van der Waals surface area contributed by atoms with Crippen LogP contribution in [0.15, 0.2) is 59.8 Å². The van der Waals surface area contributed by atoms with Gasteiger partial charge in [-0.15, -0.1) is 0 Å². The van der Waals surface area contributed by atoms with E-state index in [1.54, 1.807) is 18.2 Å². The summed E-state index contributed by atoms with van der Waals surface area (Å²) in [6, 6.07) is 15.9. The third kappa shape index (κ3) is 2.79. The molecule has 0 fully saturated rings. The van der Waals surface area contributed by atoms with E-state index in [1.807, 2.05) is 30.3 Å². The third-order valence-corrected chi connectivity index (χ3v) is 2.46. The number of hydrogen-bond acceptors (Lipinski definition) is 4. The normalized spacial score (nSPS) is 11.2. The van der Waals surface area contributed by atoms with Crippen molar-refractivity contribution in [3.05, 3.63) is 60.2 Å². The first-order valence-electron chi connectivity index (χ1n) is 5.48. The molecule has 2 aromatic rings. The van der Waals surface area contributed by atoms with E-state index in [1.165, 1.54) is 6.07 Å². The Kier molecular flexibility index (Phi) is 3.81. The number of oxime groups is 1. The molecule has 0 aliphatic heterocycles. The van der Waals surface area contributed by atoms with Gasteiger partial charge in [0.25, 0.3) is 0 Å². The lowest BCUT2D eigenvalue weighted by atomic mass is 10.1. The molecule has 2 aromatic carbocycles. The molecule has 0 spiro atoms. The average molecular weight is 243 g/mol. The van der Waals surface area contributed by atoms with E-state index in [4.69, 9.17) is 9.94 Å². The highest BCUT2D eigenvalue weighted by Gasteiger charge is 2.07. The highest BCUT2D eigenvalue weighted by Crippen LogP contribution is 2.24. The molecule has 92 valence electrons. The highest BCUT2D eigenvalue weighted by atomic mass is 16.5. The van der Waals surface area contributed by atoms with Gasteiger partial charge in [0.1, 0.15) is 12.3 Å². The molecule has 0 aliphatic rings. The number of aromatic hydroxyl groups is 1. The summed E-state index contributed by atoms with van der Waals surface area (Å²) in [6.45, 7) is 0.0814. The molecule has 0 saturated heterocycles. The standard InChI is InChI=1S/C14H13NO3/c16-13-8-4-5-9-14(13)18-10-12(15-17)11-6-2-1-3-7-11/h1-9,16-17H,10H2. The number of hydrogen-bond donors (Lipinski definition) is 2. The molecule has 4 nitrogen and oxygen atoms in total. The van der Waals surface area contributed by atoms with Crippen LogP contribution in [-0.2, 0) is 0 Å². The van der Waals surface area contributed by atoms with Crippen LogP contribution in [0, 0.1) is 0 Å². The number of phenols is 1. The van der Waals surface area contributed by atoms with Gasteiger partial charge in [0.2, 0.25) is 0 Å². The SMILES string of the molecule is ON=C(COc1ccccc1O)c1ccccc1. The zero-order chi connectivity index (χ0) is 12.8. The Bertz CT molecular complexity index is 538. The Morgan fingerprint density at radius 1 is 1.00 bits per heavy atom. The van der Waals surface area contributed by atoms with Gasteiger partial charge in [0.05, 0.1) is 0 Å². The van der Waals surface area contributed by atoms with Gasteiger partial charge in [0, 0.05) is 5.56 Å². The Balaban J connectivity index is 2.08. The zero-order valence-electron chi connectivity index (χ0n) is 9.65. The van der Waals surface area contributed by atoms with Crippen molar-refractivity contribution < 1.29 is 15.1 Å². The van der Waals surface area contributed by atoms with E-state index in [0.717, 1.165) is 5.56 Å². The van der Waals surface area contributed by atoms with Crippen molar-refractivity contribution in [3.63, 3.8) is 0 Å². The molecule has 0 atom stereocenters. The molecule has 0 amide bonds. The van der Waals surface area contributed by atoms with Crippen LogP contribution in [0.4, 0.5) is 0 Å². The molecular weight excluding hydrogens is 230 g/mol. The van der Waals surface area contributed by atoms with Crippen molar-refractivity contribution in [2.75, 3.05) is 6.61 Å². The minimum absolute atomic E-state index is 0.0582. The molecule has 2 rings (SSSR count). The van der Waals surface area contributed by atoms with Gasteiger partial charge in [-0.2, -0.15) is 0 Å². The highest BCUT2D eigenvalue weighted by molar-refractivity contribution is 6.01. The van der Waals surface area contributed by atoms with Gasteiger partial charge in [-0.3, -0.25) is 0 Å². The summed E-state index contributed by atoms with van der Waals surface area (Å²) in [4.78, 5) is 0. The number of nitrogens with zero attached hydrogens (tertiary/aromatic N) is 1. The summed E-state index contributed by atoms with van der Waals surface area (Å²) in [5.41, 5.74) is 1.18. The van der Waals surface area contributed by atoms with Crippen molar-refractivity contribution in [3.8, 4) is 11.5 Å². The molecule has 18 heavy (non-hydrogen) atoms. The van der Waals surface area contributed by atoms with Gasteiger partial charge in [-0.25, -0.2) is 0 Å².